The van der Waals surface area contributed by atoms with E-state index in [4.69, 9.17) is 14.2 Å². The first-order chi connectivity index (χ1) is 18.6. The SMILES string of the molecule is CCC(CCOc1ccc(OC(F)(F)F)cc1C(=O)c1ccccc1)Oc1ccc(CCC(=O)OC)c(C)c1. The molecule has 0 aliphatic carbocycles. The van der Waals surface area contributed by atoms with Gasteiger partial charge in [-0.25, -0.2) is 0 Å². The Balaban J connectivity index is 1.67. The molecule has 0 N–H and O–H groups in total. The number of halogens is 3. The van der Waals surface area contributed by atoms with Crippen molar-refractivity contribution in [1.29, 1.82) is 0 Å². The Kier molecular flexibility index (Phi) is 10.4. The van der Waals surface area contributed by atoms with Crippen LogP contribution in [0.25, 0.3) is 0 Å². The molecular formula is C30H31F3O6. The molecule has 6 nitrogen and oxygen atoms in total. The van der Waals surface area contributed by atoms with E-state index in [2.05, 4.69) is 4.74 Å². The topological polar surface area (TPSA) is 71.1 Å². The number of carbonyl (C=O) groups is 2. The summed E-state index contributed by atoms with van der Waals surface area (Å²) in [5.74, 6) is -0.427. The molecule has 0 heterocycles. The van der Waals surface area contributed by atoms with Gasteiger partial charge < -0.3 is 18.9 Å². The van der Waals surface area contributed by atoms with Gasteiger partial charge >= 0.3 is 12.3 Å². The average molecular weight is 545 g/mol. The Morgan fingerprint density at radius 1 is 0.949 bits per heavy atom. The van der Waals surface area contributed by atoms with E-state index in [-0.39, 0.29) is 30.0 Å². The molecule has 0 saturated heterocycles. The number of methoxy groups -OCH3 is 1. The van der Waals surface area contributed by atoms with E-state index in [9.17, 15) is 22.8 Å². The van der Waals surface area contributed by atoms with Gasteiger partial charge in [0.15, 0.2) is 5.78 Å². The molecule has 0 bridgehead atoms. The normalized spacial score (nSPS) is 11.9. The number of alkyl halides is 3. The van der Waals surface area contributed by atoms with Gasteiger partial charge in [-0.05, 0) is 61.2 Å². The van der Waals surface area contributed by atoms with E-state index in [1.54, 1.807) is 30.3 Å². The fourth-order valence-corrected chi connectivity index (χ4v) is 3.95. The number of ether oxygens (including phenoxy) is 4. The van der Waals surface area contributed by atoms with Crippen molar-refractivity contribution < 1.29 is 41.7 Å². The molecule has 0 radical (unpaired) electrons. The zero-order valence-electron chi connectivity index (χ0n) is 22.0. The van der Waals surface area contributed by atoms with E-state index in [1.807, 2.05) is 32.0 Å². The van der Waals surface area contributed by atoms with Crippen molar-refractivity contribution in [2.75, 3.05) is 13.7 Å². The van der Waals surface area contributed by atoms with Crippen LogP contribution in [0.1, 0.15) is 53.2 Å². The van der Waals surface area contributed by atoms with Gasteiger partial charge in [0.1, 0.15) is 23.4 Å². The summed E-state index contributed by atoms with van der Waals surface area (Å²) < 4.78 is 59.0. The molecule has 0 aliphatic rings. The second-order valence-electron chi connectivity index (χ2n) is 8.85. The third-order valence-electron chi connectivity index (χ3n) is 6.06. The highest BCUT2D eigenvalue weighted by atomic mass is 19.4. The molecule has 0 aromatic heterocycles. The summed E-state index contributed by atoms with van der Waals surface area (Å²) in [5.41, 5.74) is 2.30. The monoisotopic (exact) mass is 544 g/mol. The molecule has 39 heavy (non-hydrogen) atoms. The molecule has 0 fully saturated rings. The predicted molar refractivity (Wildman–Crippen MR) is 139 cm³/mol. The number of esters is 1. The average Bonchev–Trinajstić information content (AvgIpc) is 2.91. The van der Waals surface area contributed by atoms with Crippen LogP contribution in [-0.2, 0) is 16.0 Å². The summed E-state index contributed by atoms with van der Waals surface area (Å²) >= 11 is 0. The van der Waals surface area contributed by atoms with Crippen molar-refractivity contribution in [1.82, 2.24) is 0 Å². The van der Waals surface area contributed by atoms with Crippen molar-refractivity contribution in [3.8, 4) is 17.2 Å². The van der Waals surface area contributed by atoms with Crippen LogP contribution in [0.4, 0.5) is 13.2 Å². The maximum Gasteiger partial charge on any atom is 0.573 e. The molecule has 3 aromatic rings. The third-order valence-corrected chi connectivity index (χ3v) is 6.06. The van der Waals surface area contributed by atoms with Gasteiger partial charge in [0.2, 0.25) is 0 Å². The molecule has 0 amide bonds. The maximum atomic E-state index is 13.1. The Bertz CT molecular complexity index is 1260. The Labute approximate surface area is 225 Å². The summed E-state index contributed by atoms with van der Waals surface area (Å²) in [6.45, 7) is 4.08. The molecule has 0 spiro atoms. The lowest BCUT2D eigenvalue weighted by molar-refractivity contribution is -0.274. The second-order valence-corrected chi connectivity index (χ2v) is 8.85. The maximum absolute atomic E-state index is 13.1. The Hall–Kier alpha value is -4.01. The summed E-state index contributed by atoms with van der Waals surface area (Å²) in [5, 5.41) is 0. The van der Waals surface area contributed by atoms with Gasteiger partial charge in [0.25, 0.3) is 0 Å². The van der Waals surface area contributed by atoms with Gasteiger partial charge in [-0.2, -0.15) is 0 Å². The summed E-state index contributed by atoms with van der Waals surface area (Å²) in [7, 11) is 1.36. The minimum Gasteiger partial charge on any atom is -0.493 e. The fraction of sp³-hybridized carbons (Fsp3) is 0.333. The molecule has 1 atom stereocenters. The first-order valence-corrected chi connectivity index (χ1v) is 12.5. The molecule has 1 unspecified atom stereocenters. The Morgan fingerprint density at radius 3 is 2.31 bits per heavy atom. The molecule has 9 heteroatoms. The number of hydrogen-bond acceptors (Lipinski definition) is 6. The van der Waals surface area contributed by atoms with Crippen LogP contribution in [0.2, 0.25) is 0 Å². The van der Waals surface area contributed by atoms with E-state index in [0.29, 0.717) is 37.0 Å². The van der Waals surface area contributed by atoms with Gasteiger partial charge in [0, 0.05) is 18.4 Å². The van der Waals surface area contributed by atoms with E-state index >= 15 is 0 Å². The van der Waals surface area contributed by atoms with Gasteiger partial charge in [-0.15, -0.1) is 13.2 Å². The van der Waals surface area contributed by atoms with Crippen molar-refractivity contribution >= 4 is 11.8 Å². The van der Waals surface area contributed by atoms with E-state index in [1.165, 1.54) is 13.2 Å². The van der Waals surface area contributed by atoms with Crippen molar-refractivity contribution in [3.05, 3.63) is 89.0 Å². The van der Waals surface area contributed by atoms with Crippen LogP contribution in [0.15, 0.2) is 66.7 Å². The summed E-state index contributed by atoms with van der Waals surface area (Å²) in [6, 6.07) is 17.4. The highest BCUT2D eigenvalue weighted by molar-refractivity contribution is 6.10. The molecule has 0 saturated carbocycles. The fourth-order valence-electron chi connectivity index (χ4n) is 3.95. The molecular weight excluding hydrogens is 513 g/mol. The lowest BCUT2D eigenvalue weighted by atomic mass is 10.0. The predicted octanol–water partition coefficient (Wildman–Crippen LogP) is 6.86. The number of benzene rings is 3. The minimum atomic E-state index is -4.89. The van der Waals surface area contributed by atoms with Gasteiger partial charge in [-0.1, -0.05) is 43.3 Å². The van der Waals surface area contributed by atoms with Crippen LogP contribution < -0.4 is 14.2 Å². The highest BCUT2D eigenvalue weighted by Gasteiger charge is 2.31. The number of ketones is 1. The zero-order chi connectivity index (χ0) is 28.4. The van der Waals surface area contributed by atoms with Crippen LogP contribution in [-0.4, -0.2) is 37.9 Å². The molecule has 0 aliphatic heterocycles. The summed E-state index contributed by atoms with van der Waals surface area (Å²) in [4.78, 5) is 24.5. The lowest BCUT2D eigenvalue weighted by Gasteiger charge is -2.20. The first-order valence-electron chi connectivity index (χ1n) is 12.5. The first kappa shape index (κ1) is 29.5. The molecule has 3 aromatic carbocycles. The smallest absolute Gasteiger partial charge is 0.493 e. The number of aryl methyl sites for hydroxylation is 2. The Morgan fingerprint density at radius 2 is 1.67 bits per heavy atom. The number of rotatable bonds is 13. The number of hydrogen-bond donors (Lipinski definition) is 0. The standard InChI is InChI=1S/C30H31F3O6/c1-4-23(38-24-12-10-21(20(2)18-24)11-15-28(34)36-3)16-17-37-27-14-13-25(39-30(31,32)33)19-26(27)29(35)22-8-6-5-7-9-22/h5-10,12-14,18-19,23H,4,11,15-17H2,1-3H3. The summed E-state index contributed by atoms with van der Waals surface area (Å²) in [6.07, 6.45) is -3.07. The van der Waals surface area contributed by atoms with Crippen LogP contribution >= 0.6 is 0 Å². The molecule has 3 rings (SSSR count). The van der Waals surface area contributed by atoms with Gasteiger partial charge in [0.05, 0.1) is 19.3 Å². The van der Waals surface area contributed by atoms with Crippen molar-refractivity contribution in [2.45, 2.75) is 52.0 Å². The highest BCUT2D eigenvalue weighted by Crippen LogP contribution is 2.30. The molecule has 208 valence electrons. The van der Waals surface area contributed by atoms with Gasteiger partial charge in [-0.3, -0.25) is 9.59 Å². The van der Waals surface area contributed by atoms with Crippen LogP contribution in [0, 0.1) is 6.92 Å². The van der Waals surface area contributed by atoms with E-state index in [0.717, 1.165) is 23.3 Å². The lowest BCUT2D eigenvalue weighted by Crippen LogP contribution is -2.20. The van der Waals surface area contributed by atoms with E-state index < -0.39 is 17.9 Å². The second kappa shape index (κ2) is 13.7. The largest absolute Gasteiger partial charge is 0.573 e. The van der Waals surface area contributed by atoms with Crippen LogP contribution in [0.5, 0.6) is 17.2 Å². The third kappa shape index (κ3) is 9.05. The van der Waals surface area contributed by atoms with Crippen LogP contribution in [0.3, 0.4) is 0 Å². The quantitative estimate of drug-likeness (QED) is 0.173. The zero-order valence-corrected chi connectivity index (χ0v) is 22.0. The minimum absolute atomic E-state index is 0.0323. The number of carbonyl (C=O) groups excluding carboxylic acids is 2. The van der Waals surface area contributed by atoms with Crippen molar-refractivity contribution in [3.63, 3.8) is 0 Å². The van der Waals surface area contributed by atoms with Crippen molar-refractivity contribution in [2.24, 2.45) is 0 Å².